The minimum Gasteiger partial charge on any atom is -0.390 e. The SMILES string of the molecule is Cn1nnc(CO)c1-c1ccccc1F. The summed E-state index contributed by atoms with van der Waals surface area (Å²) in [6.45, 7) is -0.252. The monoisotopic (exact) mass is 207 g/mol. The molecule has 1 N–H and O–H groups in total. The molecule has 0 aliphatic rings. The number of nitrogens with zero attached hydrogens (tertiary/aromatic N) is 3. The molecule has 0 radical (unpaired) electrons. The Bertz CT molecular complexity index is 481. The van der Waals surface area contributed by atoms with Crippen molar-refractivity contribution in [3.05, 3.63) is 35.8 Å². The van der Waals surface area contributed by atoms with Crippen LogP contribution in [0.15, 0.2) is 24.3 Å². The van der Waals surface area contributed by atoms with E-state index in [1.54, 1.807) is 25.2 Å². The van der Waals surface area contributed by atoms with Gasteiger partial charge in [-0.25, -0.2) is 9.07 Å². The fraction of sp³-hybridized carbons (Fsp3) is 0.200. The lowest BCUT2D eigenvalue weighted by atomic mass is 10.1. The molecule has 0 bridgehead atoms. The van der Waals surface area contributed by atoms with Crippen molar-refractivity contribution in [2.24, 2.45) is 7.05 Å². The highest BCUT2D eigenvalue weighted by Gasteiger charge is 2.14. The maximum atomic E-state index is 13.5. The summed E-state index contributed by atoms with van der Waals surface area (Å²) in [6, 6.07) is 6.34. The van der Waals surface area contributed by atoms with E-state index in [9.17, 15) is 4.39 Å². The van der Waals surface area contributed by atoms with Crippen molar-refractivity contribution in [2.45, 2.75) is 6.61 Å². The molecular formula is C10H10FN3O. The van der Waals surface area contributed by atoms with Gasteiger partial charge in [0.2, 0.25) is 0 Å². The number of aryl methyl sites for hydroxylation is 1. The van der Waals surface area contributed by atoms with Crippen LogP contribution < -0.4 is 0 Å². The zero-order valence-corrected chi connectivity index (χ0v) is 8.18. The van der Waals surface area contributed by atoms with Gasteiger partial charge in [0.25, 0.3) is 0 Å². The van der Waals surface area contributed by atoms with Crippen LogP contribution in [-0.2, 0) is 13.7 Å². The number of rotatable bonds is 2. The average molecular weight is 207 g/mol. The third kappa shape index (κ3) is 1.61. The van der Waals surface area contributed by atoms with Gasteiger partial charge >= 0.3 is 0 Å². The van der Waals surface area contributed by atoms with Crippen LogP contribution in [0.5, 0.6) is 0 Å². The molecule has 1 aromatic heterocycles. The highest BCUT2D eigenvalue weighted by Crippen LogP contribution is 2.24. The minimum absolute atomic E-state index is 0.252. The van der Waals surface area contributed by atoms with Crippen LogP contribution in [-0.4, -0.2) is 20.1 Å². The fourth-order valence-electron chi connectivity index (χ4n) is 1.49. The second-order valence-corrected chi connectivity index (χ2v) is 3.15. The molecule has 0 unspecified atom stereocenters. The number of aromatic nitrogens is 3. The molecule has 0 fully saturated rings. The predicted octanol–water partition coefficient (Wildman–Crippen LogP) is 1.11. The van der Waals surface area contributed by atoms with Crippen LogP contribution in [0.2, 0.25) is 0 Å². The van der Waals surface area contributed by atoms with Gasteiger partial charge in [0.1, 0.15) is 11.5 Å². The summed E-state index contributed by atoms with van der Waals surface area (Å²) in [6.07, 6.45) is 0. The molecule has 15 heavy (non-hydrogen) atoms. The molecule has 1 heterocycles. The largest absolute Gasteiger partial charge is 0.390 e. The van der Waals surface area contributed by atoms with E-state index in [4.69, 9.17) is 5.11 Å². The summed E-state index contributed by atoms with van der Waals surface area (Å²) in [5, 5.41) is 16.5. The third-order valence-corrected chi connectivity index (χ3v) is 2.18. The van der Waals surface area contributed by atoms with Crippen molar-refractivity contribution in [1.82, 2.24) is 15.0 Å². The molecule has 0 saturated carbocycles. The van der Waals surface area contributed by atoms with Crippen molar-refractivity contribution < 1.29 is 9.50 Å². The van der Waals surface area contributed by atoms with Gasteiger partial charge in [-0.2, -0.15) is 0 Å². The Morgan fingerprint density at radius 2 is 2.13 bits per heavy atom. The Morgan fingerprint density at radius 1 is 1.40 bits per heavy atom. The Labute approximate surface area is 86.0 Å². The highest BCUT2D eigenvalue weighted by molar-refractivity contribution is 5.62. The molecule has 0 aliphatic heterocycles. The van der Waals surface area contributed by atoms with Crippen LogP contribution in [0.4, 0.5) is 4.39 Å². The minimum atomic E-state index is -0.349. The highest BCUT2D eigenvalue weighted by atomic mass is 19.1. The first kappa shape index (κ1) is 9.79. The molecular weight excluding hydrogens is 197 g/mol. The molecule has 0 aliphatic carbocycles. The van der Waals surface area contributed by atoms with Gasteiger partial charge in [-0.05, 0) is 12.1 Å². The maximum Gasteiger partial charge on any atom is 0.132 e. The van der Waals surface area contributed by atoms with Crippen molar-refractivity contribution in [3.8, 4) is 11.3 Å². The van der Waals surface area contributed by atoms with E-state index in [0.29, 0.717) is 17.0 Å². The first-order valence-corrected chi connectivity index (χ1v) is 4.48. The van der Waals surface area contributed by atoms with Crippen LogP contribution in [0.1, 0.15) is 5.69 Å². The van der Waals surface area contributed by atoms with Gasteiger partial charge < -0.3 is 5.11 Å². The molecule has 4 nitrogen and oxygen atoms in total. The van der Waals surface area contributed by atoms with E-state index in [-0.39, 0.29) is 12.4 Å². The summed E-state index contributed by atoms with van der Waals surface area (Å²) >= 11 is 0. The summed E-state index contributed by atoms with van der Waals surface area (Å²) in [7, 11) is 1.66. The Balaban J connectivity index is 2.63. The van der Waals surface area contributed by atoms with E-state index >= 15 is 0 Å². The topological polar surface area (TPSA) is 50.9 Å². The summed E-state index contributed by atoms with van der Waals surface area (Å²) in [5.74, 6) is -0.349. The molecule has 2 aromatic rings. The van der Waals surface area contributed by atoms with Gasteiger partial charge in [0.15, 0.2) is 0 Å². The molecule has 0 saturated heterocycles. The van der Waals surface area contributed by atoms with Gasteiger partial charge in [0.05, 0.1) is 12.3 Å². The van der Waals surface area contributed by atoms with E-state index in [1.807, 2.05) is 0 Å². The molecule has 0 spiro atoms. The zero-order chi connectivity index (χ0) is 10.8. The molecule has 2 rings (SSSR count). The lowest BCUT2D eigenvalue weighted by molar-refractivity contribution is 0.277. The van der Waals surface area contributed by atoms with E-state index in [1.165, 1.54) is 10.7 Å². The van der Waals surface area contributed by atoms with Crippen LogP contribution in [0, 0.1) is 5.82 Å². The molecule has 1 aromatic carbocycles. The van der Waals surface area contributed by atoms with Gasteiger partial charge in [-0.15, -0.1) is 5.10 Å². The summed E-state index contributed by atoms with van der Waals surface area (Å²) in [4.78, 5) is 0. The van der Waals surface area contributed by atoms with Crippen molar-refractivity contribution in [3.63, 3.8) is 0 Å². The summed E-state index contributed by atoms with van der Waals surface area (Å²) < 4.78 is 14.9. The molecule has 0 atom stereocenters. The zero-order valence-electron chi connectivity index (χ0n) is 8.18. The van der Waals surface area contributed by atoms with Gasteiger partial charge in [-0.1, -0.05) is 17.3 Å². The number of hydrogen-bond donors (Lipinski definition) is 1. The Kier molecular flexibility index (Phi) is 2.47. The Hall–Kier alpha value is -1.75. The number of halogens is 1. The lowest BCUT2D eigenvalue weighted by Gasteiger charge is -2.03. The van der Waals surface area contributed by atoms with Crippen LogP contribution >= 0.6 is 0 Å². The van der Waals surface area contributed by atoms with Crippen molar-refractivity contribution in [1.29, 1.82) is 0 Å². The first-order chi connectivity index (χ1) is 7.24. The fourth-order valence-corrected chi connectivity index (χ4v) is 1.49. The first-order valence-electron chi connectivity index (χ1n) is 4.48. The lowest BCUT2D eigenvalue weighted by Crippen LogP contribution is -1.97. The molecule has 78 valence electrons. The van der Waals surface area contributed by atoms with Gasteiger partial charge in [0, 0.05) is 12.6 Å². The normalized spacial score (nSPS) is 10.6. The van der Waals surface area contributed by atoms with E-state index in [2.05, 4.69) is 10.3 Å². The molecule has 5 heteroatoms. The predicted molar refractivity (Wildman–Crippen MR) is 52.3 cm³/mol. The summed E-state index contributed by atoms with van der Waals surface area (Å²) in [5.41, 5.74) is 1.28. The van der Waals surface area contributed by atoms with Crippen LogP contribution in [0.3, 0.4) is 0 Å². The maximum absolute atomic E-state index is 13.5. The molecule has 0 amide bonds. The van der Waals surface area contributed by atoms with Crippen LogP contribution in [0.25, 0.3) is 11.3 Å². The number of aliphatic hydroxyl groups is 1. The Morgan fingerprint density at radius 3 is 2.80 bits per heavy atom. The second-order valence-electron chi connectivity index (χ2n) is 3.15. The number of benzene rings is 1. The van der Waals surface area contributed by atoms with Gasteiger partial charge in [-0.3, -0.25) is 0 Å². The number of aliphatic hydroxyl groups excluding tert-OH is 1. The third-order valence-electron chi connectivity index (χ3n) is 2.18. The van der Waals surface area contributed by atoms with Crippen molar-refractivity contribution >= 4 is 0 Å². The van der Waals surface area contributed by atoms with E-state index < -0.39 is 0 Å². The van der Waals surface area contributed by atoms with Crippen molar-refractivity contribution in [2.75, 3.05) is 0 Å². The average Bonchev–Trinajstić information content (AvgIpc) is 2.60. The quantitative estimate of drug-likeness (QED) is 0.802. The smallest absolute Gasteiger partial charge is 0.132 e. The van der Waals surface area contributed by atoms with E-state index in [0.717, 1.165) is 0 Å². The standard InChI is InChI=1S/C10H10FN3O/c1-14-10(9(6-15)12-13-14)7-4-2-3-5-8(7)11/h2-5,15H,6H2,1H3. The second kappa shape index (κ2) is 3.78. The number of hydrogen-bond acceptors (Lipinski definition) is 3.